The van der Waals surface area contributed by atoms with Crippen LogP contribution in [0.4, 0.5) is 0 Å². The Kier molecular flexibility index (Phi) is 3.97. The Bertz CT molecular complexity index is 883. The van der Waals surface area contributed by atoms with E-state index in [4.69, 9.17) is 0 Å². The third-order valence-electron chi connectivity index (χ3n) is 4.02. The van der Waals surface area contributed by atoms with E-state index >= 15 is 0 Å². The van der Waals surface area contributed by atoms with Crippen molar-refractivity contribution in [1.29, 1.82) is 0 Å². The molecule has 1 amide bonds. The number of amides is 1. The van der Waals surface area contributed by atoms with Crippen molar-refractivity contribution in [3.8, 4) is 0 Å². The van der Waals surface area contributed by atoms with Gasteiger partial charge in [-0.25, -0.2) is 13.4 Å². The second-order valence-electron chi connectivity index (χ2n) is 6.03. The molecule has 0 radical (unpaired) electrons. The maximum atomic E-state index is 12.3. The Balaban J connectivity index is 1.66. The molecule has 0 aliphatic carbocycles. The molecule has 1 aromatic heterocycles. The summed E-state index contributed by atoms with van der Waals surface area (Å²) in [5.41, 5.74) is 2.94. The number of aryl methyl sites for hydroxylation is 1. The van der Waals surface area contributed by atoms with Gasteiger partial charge in [0.2, 0.25) is 5.91 Å². The lowest BCUT2D eigenvalue weighted by atomic mass is 10.1. The van der Waals surface area contributed by atoms with Crippen LogP contribution in [-0.4, -0.2) is 42.0 Å². The van der Waals surface area contributed by atoms with Crippen LogP contribution in [-0.2, 0) is 21.2 Å². The first kappa shape index (κ1) is 15.7. The normalized spacial score (nSPS) is 19.3. The van der Waals surface area contributed by atoms with Gasteiger partial charge in [0.15, 0.2) is 9.84 Å². The van der Waals surface area contributed by atoms with Gasteiger partial charge in [-0.1, -0.05) is 18.2 Å². The number of imidazole rings is 1. The number of carbonyl (C=O) groups excluding carboxylic acids is 1. The van der Waals surface area contributed by atoms with Crippen molar-refractivity contribution >= 4 is 26.8 Å². The zero-order valence-corrected chi connectivity index (χ0v) is 13.9. The smallest absolute Gasteiger partial charge is 0.223 e. The van der Waals surface area contributed by atoms with Crippen LogP contribution in [0.1, 0.15) is 17.8 Å². The van der Waals surface area contributed by atoms with Gasteiger partial charge in [0.1, 0.15) is 5.82 Å². The number of benzene rings is 1. The lowest BCUT2D eigenvalue weighted by molar-refractivity contribution is -0.131. The first-order valence-electron chi connectivity index (χ1n) is 7.43. The first-order chi connectivity index (χ1) is 10.8. The number of aromatic nitrogens is 2. The van der Waals surface area contributed by atoms with Crippen LogP contribution in [0.25, 0.3) is 11.0 Å². The van der Waals surface area contributed by atoms with E-state index in [1.165, 1.54) is 5.41 Å². The molecule has 2 heterocycles. The van der Waals surface area contributed by atoms with Gasteiger partial charge in [-0.15, -0.1) is 0 Å². The number of sulfone groups is 1. The van der Waals surface area contributed by atoms with E-state index in [2.05, 4.69) is 9.97 Å². The maximum Gasteiger partial charge on any atom is 0.223 e. The summed E-state index contributed by atoms with van der Waals surface area (Å²) in [7, 11) is -1.41. The van der Waals surface area contributed by atoms with E-state index in [1.54, 1.807) is 18.0 Å². The predicted octanol–water partition coefficient (Wildman–Crippen LogP) is 1.78. The summed E-state index contributed by atoms with van der Waals surface area (Å²) in [5, 5.41) is 1.20. The summed E-state index contributed by atoms with van der Waals surface area (Å²) in [4.78, 5) is 21.6. The molecular formula is C16H19N3O3S. The number of aromatic amines is 1. The van der Waals surface area contributed by atoms with E-state index in [0.717, 1.165) is 22.4 Å². The van der Waals surface area contributed by atoms with E-state index in [9.17, 15) is 13.2 Å². The molecule has 122 valence electrons. The predicted molar refractivity (Wildman–Crippen MR) is 88.3 cm³/mol. The van der Waals surface area contributed by atoms with Gasteiger partial charge in [0, 0.05) is 24.8 Å². The number of rotatable bonds is 4. The standard InChI is InChI=1S/C16H19N3O3S/c1-11-4-3-5-13-16(11)18-14(17-13)9-19(2)15(20)8-12-6-7-23(21,22)10-12/h3-7,12H,8-10H2,1-2H3,(H,17,18)/t12-/m1/s1. The minimum absolute atomic E-state index is 0.0242. The fourth-order valence-electron chi connectivity index (χ4n) is 2.76. The molecule has 6 nitrogen and oxygen atoms in total. The molecule has 23 heavy (non-hydrogen) atoms. The van der Waals surface area contributed by atoms with Crippen molar-refractivity contribution in [3.63, 3.8) is 0 Å². The number of para-hydroxylation sites is 1. The van der Waals surface area contributed by atoms with Gasteiger partial charge in [0.25, 0.3) is 0 Å². The summed E-state index contributed by atoms with van der Waals surface area (Å²) in [6.45, 7) is 2.37. The zero-order valence-electron chi connectivity index (χ0n) is 13.1. The highest BCUT2D eigenvalue weighted by atomic mass is 32.2. The molecule has 0 bridgehead atoms. The summed E-state index contributed by atoms with van der Waals surface area (Å²) in [5.74, 6) is 0.428. The van der Waals surface area contributed by atoms with E-state index in [1.807, 2.05) is 25.1 Å². The molecule has 0 saturated carbocycles. The summed E-state index contributed by atoms with van der Waals surface area (Å²) < 4.78 is 22.8. The molecular weight excluding hydrogens is 314 g/mol. The third kappa shape index (κ3) is 3.44. The van der Waals surface area contributed by atoms with Crippen molar-refractivity contribution in [2.24, 2.45) is 5.92 Å². The van der Waals surface area contributed by atoms with Gasteiger partial charge in [-0.05, 0) is 18.6 Å². The lowest BCUT2D eigenvalue weighted by Crippen LogP contribution is -2.28. The van der Waals surface area contributed by atoms with Crippen molar-refractivity contribution in [2.45, 2.75) is 19.9 Å². The molecule has 1 aromatic carbocycles. The number of allylic oxidation sites excluding steroid dienone is 1. The average Bonchev–Trinajstić information content (AvgIpc) is 3.02. The van der Waals surface area contributed by atoms with Crippen molar-refractivity contribution in [1.82, 2.24) is 14.9 Å². The topological polar surface area (TPSA) is 83.1 Å². The van der Waals surface area contributed by atoms with Crippen LogP contribution >= 0.6 is 0 Å². The fourth-order valence-corrected chi connectivity index (χ4v) is 4.16. The minimum atomic E-state index is -3.12. The molecule has 2 aromatic rings. The van der Waals surface area contributed by atoms with Gasteiger partial charge in [0.05, 0.1) is 23.3 Å². The Hall–Kier alpha value is -2.15. The van der Waals surface area contributed by atoms with Gasteiger partial charge in [-0.2, -0.15) is 0 Å². The number of hydrogen-bond donors (Lipinski definition) is 1. The highest BCUT2D eigenvalue weighted by Gasteiger charge is 2.25. The average molecular weight is 333 g/mol. The molecule has 0 unspecified atom stereocenters. The third-order valence-corrected chi connectivity index (χ3v) is 5.48. The summed E-state index contributed by atoms with van der Waals surface area (Å²) in [6.07, 6.45) is 1.80. The molecule has 1 aliphatic rings. The van der Waals surface area contributed by atoms with Crippen LogP contribution in [0, 0.1) is 12.8 Å². The highest BCUT2D eigenvalue weighted by Crippen LogP contribution is 2.20. The molecule has 1 N–H and O–H groups in total. The van der Waals surface area contributed by atoms with Crippen LogP contribution in [0.2, 0.25) is 0 Å². The molecule has 0 fully saturated rings. The van der Waals surface area contributed by atoms with Crippen LogP contribution in [0.15, 0.2) is 29.7 Å². The second kappa shape index (κ2) is 5.81. The van der Waals surface area contributed by atoms with Gasteiger partial charge in [-0.3, -0.25) is 4.79 Å². The SMILES string of the molecule is Cc1cccc2[nH]c(CN(C)C(=O)C[C@H]3C=CS(=O)(=O)C3)nc12. The largest absolute Gasteiger partial charge is 0.340 e. The number of nitrogens with zero attached hydrogens (tertiary/aromatic N) is 2. The van der Waals surface area contributed by atoms with Gasteiger partial charge >= 0.3 is 0 Å². The van der Waals surface area contributed by atoms with Crippen LogP contribution < -0.4 is 0 Å². The molecule has 0 spiro atoms. The number of carbonyl (C=O) groups is 1. The maximum absolute atomic E-state index is 12.3. The number of H-pyrrole nitrogens is 1. The number of fused-ring (bicyclic) bond motifs is 1. The first-order valence-corrected chi connectivity index (χ1v) is 9.15. The van der Waals surface area contributed by atoms with Crippen molar-refractivity contribution in [3.05, 3.63) is 41.1 Å². The number of hydrogen-bond acceptors (Lipinski definition) is 4. The summed E-state index contributed by atoms with van der Waals surface area (Å²) >= 11 is 0. The van der Waals surface area contributed by atoms with Crippen LogP contribution in [0.3, 0.4) is 0 Å². The van der Waals surface area contributed by atoms with E-state index in [0.29, 0.717) is 6.54 Å². The zero-order chi connectivity index (χ0) is 16.6. The van der Waals surface area contributed by atoms with E-state index < -0.39 is 9.84 Å². The lowest BCUT2D eigenvalue weighted by Gasteiger charge is -2.17. The number of nitrogens with one attached hydrogen (secondary N) is 1. The monoisotopic (exact) mass is 333 g/mol. The Morgan fingerprint density at radius 2 is 2.22 bits per heavy atom. The van der Waals surface area contributed by atoms with Gasteiger partial charge < -0.3 is 9.88 Å². The Labute approximate surface area is 135 Å². The molecule has 1 atom stereocenters. The van der Waals surface area contributed by atoms with Crippen molar-refractivity contribution < 1.29 is 13.2 Å². The Morgan fingerprint density at radius 1 is 1.43 bits per heavy atom. The van der Waals surface area contributed by atoms with Crippen molar-refractivity contribution in [2.75, 3.05) is 12.8 Å². The molecule has 7 heteroatoms. The molecule has 3 rings (SSSR count). The second-order valence-corrected chi connectivity index (χ2v) is 7.96. The Morgan fingerprint density at radius 3 is 2.87 bits per heavy atom. The van der Waals surface area contributed by atoms with E-state index in [-0.39, 0.29) is 24.0 Å². The fraction of sp³-hybridized carbons (Fsp3) is 0.375. The quantitative estimate of drug-likeness (QED) is 0.924. The van der Waals surface area contributed by atoms with Crippen LogP contribution in [0.5, 0.6) is 0 Å². The minimum Gasteiger partial charge on any atom is -0.340 e. The molecule has 1 aliphatic heterocycles. The molecule has 0 saturated heterocycles. The summed E-state index contributed by atoms with van der Waals surface area (Å²) in [6, 6.07) is 5.91. The highest BCUT2D eigenvalue weighted by molar-refractivity contribution is 7.94.